The first-order chi connectivity index (χ1) is 17.4. The number of nitrogens with zero attached hydrogens (tertiary/aromatic N) is 3. The summed E-state index contributed by atoms with van der Waals surface area (Å²) in [4.78, 5) is 21.5. The summed E-state index contributed by atoms with van der Waals surface area (Å²) in [6, 6.07) is 9.02. The monoisotopic (exact) mass is 516 g/mol. The van der Waals surface area contributed by atoms with Crippen molar-refractivity contribution in [1.29, 1.82) is 0 Å². The molecule has 9 heteroatoms. The standard InChI is InChI=1S/C27H40N4O4S/c1-27(23-4-6-24(7-5-23)30-18-16-29(17-19-30)20-21-34-2)12-8-25(9-13-27)36(33)31-14-10-22(11-15-31)26(32)28-35-3/h4-8,10,12,25H,9,11,13-21H2,1-3H3,(H,28,32)/t25?,27-,36?/m1/s1. The van der Waals surface area contributed by atoms with Gasteiger partial charge in [0.15, 0.2) is 5.25 Å². The number of hydroxylamine groups is 1. The third-order valence-electron chi connectivity index (χ3n) is 7.67. The Morgan fingerprint density at radius 3 is 2.50 bits per heavy atom. The van der Waals surface area contributed by atoms with Crippen molar-refractivity contribution in [2.75, 3.05) is 71.5 Å². The molecule has 0 aromatic heterocycles. The number of allylic oxidation sites excluding steroid dienone is 1. The lowest BCUT2D eigenvalue weighted by Crippen LogP contribution is -2.47. The quantitative estimate of drug-likeness (QED) is 0.307. The lowest BCUT2D eigenvalue weighted by molar-refractivity contribution is -0.127. The Kier molecular flexibility index (Phi) is 9.49. The van der Waals surface area contributed by atoms with Crippen LogP contribution >= 0.6 is 0 Å². The molecule has 0 bridgehead atoms. The number of anilines is 1. The maximum absolute atomic E-state index is 13.2. The number of hydrogen-bond donors (Lipinski definition) is 1. The van der Waals surface area contributed by atoms with Crippen LogP contribution in [0.1, 0.15) is 31.7 Å². The number of nitrogens with one attached hydrogen (secondary N) is 1. The second kappa shape index (κ2) is 12.6. The van der Waals surface area contributed by atoms with Crippen molar-refractivity contribution in [3.8, 4) is 0 Å². The molecule has 1 aromatic carbocycles. The van der Waals surface area contributed by atoms with Crippen LogP contribution in [-0.2, 0) is 31.1 Å². The van der Waals surface area contributed by atoms with Crippen molar-refractivity contribution in [3.63, 3.8) is 0 Å². The Balaban J connectivity index is 1.31. The summed E-state index contributed by atoms with van der Waals surface area (Å²) in [6.07, 6.45) is 8.66. The molecule has 8 nitrogen and oxygen atoms in total. The van der Waals surface area contributed by atoms with Crippen LogP contribution in [0.4, 0.5) is 5.69 Å². The fourth-order valence-electron chi connectivity index (χ4n) is 5.22. The van der Waals surface area contributed by atoms with Gasteiger partial charge in [0.1, 0.15) is 0 Å². The van der Waals surface area contributed by atoms with Crippen LogP contribution < -0.4 is 10.4 Å². The van der Waals surface area contributed by atoms with Crippen LogP contribution in [0.2, 0.25) is 0 Å². The molecule has 36 heavy (non-hydrogen) atoms. The third-order valence-corrected chi connectivity index (χ3v) is 9.43. The molecule has 1 saturated heterocycles. The van der Waals surface area contributed by atoms with E-state index in [0.29, 0.717) is 25.1 Å². The molecule has 4 rings (SSSR count). The van der Waals surface area contributed by atoms with Gasteiger partial charge in [-0.2, -0.15) is 0 Å². The van der Waals surface area contributed by atoms with Crippen molar-refractivity contribution in [1.82, 2.24) is 14.7 Å². The predicted molar refractivity (Wildman–Crippen MR) is 144 cm³/mol. The highest BCUT2D eigenvalue weighted by Crippen LogP contribution is 2.38. The van der Waals surface area contributed by atoms with E-state index in [-0.39, 0.29) is 16.6 Å². The number of carbonyl (C=O) groups excluding carboxylic acids is 1. The highest BCUT2D eigenvalue weighted by atomic mass is 32.2. The lowest BCUT2D eigenvalue weighted by Gasteiger charge is -2.37. The zero-order valence-electron chi connectivity index (χ0n) is 21.8. The lowest BCUT2D eigenvalue weighted by atomic mass is 9.75. The van der Waals surface area contributed by atoms with E-state index in [2.05, 4.69) is 58.6 Å². The fraction of sp³-hybridized carbons (Fsp3) is 0.593. The molecule has 0 spiro atoms. The van der Waals surface area contributed by atoms with Gasteiger partial charge >= 0.3 is 0 Å². The van der Waals surface area contributed by atoms with Gasteiger partial charge in [0.05, 0.1) is 20.3 Å². The number of benzene rings is 1. The average Bonchev–Trinajstić information content (AvgIpc) is 2.92. The Hall–Kier alpha value is -1.88. The van der Waals surface area contributed by atoms with Gasteiger partial charge < -0.3 is 14.2 Å². The number of hydrogen-bond acceptors (Lipinski definition) is 7. The Bertz CT molecular complexity index is 932. The number of amides is 1. The zero-order valence-corrected chi connectivity index (χ0v) is 22.6. The highest BCUT2D eigenvalue weighted by Gasteiger charge is 2.36. The number of methoxy groups -OCH3 is 1. The molecule has 2 heterocycles. The van der Waals surface area contributed by atoms with Crippen molar-refractivity contribution in [2.45, 2.75) is 36.9 Å². The van der Waals surface area contributed by atoms with Crippen LogP contribution in [-0.4, -0.2) is 91.6 Å². The number of carbonyl (C=O) groups is 1. The molecule has 2 unspecified atom stereocenters. The number of piperazine rings is 1. The van der Waals surface area contributed by atoms with Crippen LogP contribution in [0.5, 0.6) is 0 Å². The molecule has 1 aliphatic carbocycles. The Morgan fingerprint density at radius 2 is 1.92 bits per heavy atom. The molecule has 1 fully saturated rings. The second-order valence-electron chi connectivity index (χ2n) is 10.0. The van der Waals surface area contributed by atoms with Crippen molar-refractivity contribution < 1.29 is 18.9 Å². The molecular formula is C27H40N4O4S. The third kappa shape index (κ3) is 6.51. The summed E-state index contributed by atoms with van der Waals surface area (Å²) < 4.78 is 20.4. The van der Waals surface area contributed by atoms with E-state index in [4.69, 9.17) is 9.57 Å². The van der Waals surface area contributed by atoms with Gasteiger partial charge in [0.25, 0.3) is 5.91 Å². The van der Waals surface area contributed by atoms with Gasteiger partial charge in [-0.15, -0.1) is 4.31 Å². The Labute approximate surface area is 218 Å². The first-order valence-electron chi connectivity index (χ1n) is 12.9. The Morgan fingerprint density at radius 1 is 1.17 bits per heavy atom. The maximum atomic E-state index is 13.2. The summed E-state index contributed by atoms with van der Waals surface area (Å²) >= 11 is -1.11. The molecule has 1 amide bonds. The van der Waals surface area contributed by atoms with E-state index in [0.717, 1.165) is 52.2 Å². The predicted octanol–water partition coefficient (Wildman–Crippen LogP) is 2.40. The highest BCUT2D eigenvalue weighted by molar-refractivity contribution is 7.89. The molecule has 198 valence electrons. The summed E-state index contributed by atoms with van der Waals surface area (Å²) in [7, 11) is 3.18. The molecule has 3 atom stereocenters. The summed E-state index contributed by atoms with van der Waals surface area (Å²) in [6.45, 7) is 9.41. The average molecular weight is 517 g/mol. The minimum atomic E-state index is -1.11. The smallest absolute Gasteiger partial charge is 0.270 e. The zero-order chi connectivity index (χ0) is 25.5. The van der Waals surface area contributed by atoms with Gasteiger partial charge in [-0.1, -0.05) is 31.2 Å². The van der Waals surface area contributed by atoms with Crippen LogP contribution in [0.25, 0.3) is 0 Å². The van der Waals surface area contributed by atoms with Crippen molar-refractivity contribution in [2.24, 2.45) is 0 Å². The van der Waals surface area contributed by atoms with Gasteiger partial charge in [-0.05, 0) is 36.6 Å². The van der Waals surface area contributed by atoms with Crippen LogP contribution in [0.15, 0.2) is 48.1 Å². The van der Waals surface area contributed by atoms with Crippen molar-refractivity contribution >= 4 is 23.0 Å². The van der Waals surface area contributed by atoms with Gasteiger partial charge in [-0.25, -0.2) is 5.48 Å². The SMILES string of the molecule is COCCN1CCN(c2ccc([C@]3(C)C=CC([S+]([O-])N4CC=C(C(=O)NOC)CC4)CC3)cc2)CC1. The first-order valence-corrected chi connectivity index (χ1v) is 14.0. The van der Waals surface area contributed by atoms with E-state index < -0.39 is 11.4 Å². The molecule has 0 radical (unpaired) electrons. The molecule has 1 aromatic rings. The molecule has 0 saturated carbocycles. The van der Waals surface area contributed by atoms with Gasteiger partial charge in [0, 0.05) is 80.8 Å². The molecule has 1 N–H and O–H groups in total. The fourth-order valence-corrected chi connectivity index (χ4v) is 6.63. The minimum absolute atomic E-state index is 0.00880. The summed E-state index contributed by atoms with van der Waals surface area (Å²) in [5.41, 5.74) is 5.58. The maximum Gasteiger partial charge on any atom is 0.270 e. The minimum Gasteiger partial charge on any atom is -0.597 e. The largest absolute Gasteiger partial charge is 0.597 e. The topological polar surface area (TPSA) is 80.3 Å². The van der Waals surface area contributed by atoms with E-state index in [9.17, 15) is 9.35 Å². The van der Waals surface area contributed by atoms with Crippen LogP contribution in [0, 0.1) is 0 Å². The first kappa shape index (κ1) is 27.2. The summed E-state index contributed by atoms with van der Waals surface area (Å²) in [5.74, 6) is -0.216. The molecule has 2 aliphatic heterocycles. The number of ether oxygens (including phenoxy) is 1. The number of rotatable bonds is 9. The molecular weight excluding hydrogens is 476 g/mol. The second-order valence-corrected chi connectivity index (χ2v) is 11.7. The van der Waals surface area contributed by atoms with E-state index >= 15 is 0 Å². The van der Waals surface area contributed by atoms with E-state index in [1.807, 2.05) is 10.4 Å². The van der Waals surface area contributed by atoms with Crippen molar-refractivity contribution in [3.05, 3.63) is 53.6 Å². The van der Waals surface area contributed by atoms with E-state index in [1.54, 1.807) is 7.11 Å². The molecule has 3 aliphatic rings. The van der Waals surface area contributed by atoms with Crippen LogP contribution in [0.3, 0.4) is 0 Å². The normalized spacial score (nSPS) is 26.5. The van der Waals surface area contributed by atoms with Gasteiger partial charge in [-0.3, -0.25) is 14.5 Å². The van der Waals surface area contributed by atoms with Gasteiger partial charge in [0.2, 0.25) is 0 Å². The van der Waals surface area contributed by atoms with E-state index in [1.165, 1.54) is 18.4 Å². The summed E-state index contributed by atoms with van der Waals surface area (Å²) in [5, 5.41) is 0.00880.